The molecule has 2 atom stereocenters. The Hall–Kier alpha value is -1.92. The molecule has 0 aliphatic carbocycles. The smallest absolute Gasteiger partial charge is 0.340 e. The number of carbonyl (C=O) groups is 2. The Morgan fingerprint density at radius 3 is 1.83 bits per heavy atom. The van der Waals surface area contributed by atoms with Crippen LogP contribution in [0.4, 0.5) is 0 Å². The highest BCUT2D eigenvalue weighted by molar-refractivity contribution is 5.93. The monoisotopic (exact) mass is 408 g/mol. The highest BCUT2D eigenvalue weighted by Crippen LogP contribution is 2.21. The van der Waals surface area contributed by atoms with Crippen molar-refractivity contribution in [1.29, 1.82) is 0 Å². The first-order chi connectivity index (χ1) is 13.6. The summed E-state index contributed by atoms with van der Waals surface area (Å²) in [7, 11) is 0. The van der Waals surface area contributed by atoms with Crippen LogP contribution in [0.5, 0.6) is 0 Å². The third kappa shape index (κ3) is 8.54. The van der Waals surface area contributed by atoms with E-state index in [-0.39, 0.29) is 6.10 Å². The molecule has 0 bridgehead atoms. The Morgan fingerprint density at radius 1 is 0.862 bits per heavy atom. The lowest BCUT2D eigenvalue weighted by Crippen LogP contribution is -2.30. The van der Waals surface area contributed by atoms with Crippen molar-refractivity contribution in [3.63, 3.8) is 0 Å². The molecule has 0 saturated heterocycles. The van der Waals surface area contributed by atoms with E-state index in [1.165, 1.54) is 0 Å². The molecule has 0 fully saturated rings. The van der Waals surface area contributed by atoms with E-state index in [1.807, 2.05) is 27.7 Å². The minimum absolute atomic E-state index is 0.147. The summed E-state index contributed by atoms with van der Waals surface area (Å²) < 4.78 is 21.9. The molecular formula is C23H36O6. The van der Waals surface area contributed by atoms with Crippen LogP contribution in [0.15, 0.2) is 24.3 Å². The van der Waals surface area contributed by atoms with Gasteiger partial charge < -0.3 is 18.9 Å². The third-order valence-electron chi connectivity index (χ3n) is 5.22. The van der Waals surface area contributed by atoms with Crippen LogP contribution in [0.25, 0.3) is 0 Å². The summed E-state index contributed by atoms with van der Waals surface area (Å²) in [4.78, 5) is 24.5. The van der Waals surface area contributed by atoms with Gasteiger partial charge in [-0.05, 0) is 63.8 Å². The van der Waals surface area contributed by atoms with Crippen molar-refractivity contribution in [3.05, 3.63) is 35.4 Å². The maximum absolute atomic E-state index is 12.3. The molecule has 0 heterocycles. The number of hydrogen-bond donors (Lipinski definition) is 0. The molecule has 0 saturated carbocycles. The van der Waals surface area contributed by atoms with E-state index in [2.05, 4.69) is 13.8 Å². The summed E-state index contributed by atoms with van der Waals surface area (Å²) in [6.07, 6.45) is 0.923. The zero-order valence-corrected chi connectivity index (χ0v) is 18.8. The highest BCUT2D eigenvalue weighted by atomic mass is 16.7. The second-order valence-corrected chi connectivity index (χ2v) is 7.79. The molecule has 29 heavy (non-hydrogen) atoms. The van der Waals surface area contributed by atoms with Crippen molar-refractivity contribution >= 4 is 11.9 Å². The predicted molar refractivity (Wildman–Crippen MR) is 112 cm³/mol. The molecule has 0 radical (unpaired) electrons. The standard InChI is InChI=1S/C23H36O6/c1-8-23(7,9-2)29-22(25)20-12-10-19(11-13-20)21(24)28-18(6)27-15-14-26-17(5)16(3)4/h10-13,16-18H,8-9,14-15H2,1-7H3. The maximum atomic E-state index is 12.3. The van der Waals surface area contributed by atoms with Gasteiger partial charge in [0, 0.05) is 0 Å². The van der Waals surface area contributed by atoms with Crippen molar-refractivity contribution in [1.82, 2.24) is 0 Å². The van der Waals surface area contributed by atoms with Crippen molar-refractivity contribution in [2.45, 2.75) is 79.3 Å². The van der Waals surface area contributed by atoms with Crippen LogP contribution < -0.4 is 0 Å². The summed E-state index contributed by atoms with van der Waals surface area (Å²) in [5.41, 5.74) is 0.254. The normalized spacial score (nSPS) is 13.8. The molecule has 164 valence electrons. The second kappa shape index (κ2) is 11.9. The Balaban J connectivity index is 2.50. The van der Waals surface area contributed by atoms with Crippen LogP contribution >= 0.6 is 0 Å². The van der Waals surface area contributed by atoms with Gasteiger partial charge in [-0.25, -0.2) is 9.59 Å². The van der Waals surface area contributed by atoms with Gasteiger partial charge >= 0.3 is 11.9 Å². The Kier molecular flexibility index (Phi) is 10.3. The number of hydrogen-bond acceptors (Lipinski definition) is 6. The first-order valence-corrected chi connectivity index (χ1v) is 10.4. The maximum Gasteiger partial charge on any atom is 0.340 e. The average Bonchev–Trinajstić information content (AvgIpc) is 2.70. The fraction of sp³-hybridized carbons (Fsp3) is 0.652. The molecule has 0 spiro atoms. The third-order valence-corrected chi connectivity index (χ3v) is 5.22. The summed E-state index contributed by atoms with van der Waals surface area (Å²) >= 11 is 0. The number of carbonyl (C=O) groups excluding carboxylic acids is 2. The first-order valence-electron chi connectivity index (χ1n) is 10.4. The van der Waals surface area contributed by atoms with Crippen LogP contribution in [0.2, 0.25) is 0 Å². The molecule has 0 aliphatic heterocycles. The molecule has 6 nitrogen and oxygen atoms in total. The van der Waals surface area contributed by atoms with E-state index in [0.29, 0.717) is 30.3 Å². The zero-order chi connectivity index (χ0) is 22.0. The van der Waals surface area contributed by atoms with Crippen LogP contribution in [0, 0.1) is 5.92 Å². The summed E-state index contributed by atoms with van der Waals surface area (Å²) in [5, 5.41) is 0. The molecule has 6 heteroatoms. The van der Waals surface area contributed by atoms with Gasteiger partial charge in [-0.15, -0.1) is 0 Å². The van der Waals surface area contributed by atoms with Crippen LogP contribution in [0.3, 0.4) is 0 Å². The summed E-state index contributed by atoms with van der Waals surface area (Å²) in [6, 6.07) is 6.23. The van der Waals surface area contributed by atoms with Crippen LogP contribution in [-0.4, -0.2) is 43.1 Å². The fourth-order valence-electron chi connectivity index (χ4n) is 2.31. The van der Waals surface area contributed by atoms with Gasteiger partial charge in [0.25, 0.3) is 0 Å². The number of rotatable bonds is 12. The lowest BCUT2D eigenvalue weighted by atomic mass is 10.00. The fourth-order valence-corrected chi connectivity index (χ4v) is 2.31. The minimum Gasteiger partial charge on any atom is -0.456 e. The van der Waals surface area contributed by atoms with E-state index in [1.54, 1.807) is 31.2 Å². The van der Waals surface area contributed by atoms with Gasteiger partial charge in [0.15, 0.2) is 0 Å². The minimum atomic E-state index is -0.695. The molecular weight excluding hydrogens is 372 g/mol. The molecule has 1 aromatic carbocycles. The Bertz CT molecular complexity index is 633. The molecule has 2 unspecified atom stereocenters. The van der Waals surface area contributed by atoms with E-state index in [4.69, 9.17) is 18.9 Å². The van der Waals surface area contributed by atoms with Gasteiger partial charge in [0.05, 0.1) is 30.4 Å². The second-order valence-electron chi connectivity index (χ2n) is 7.79. The molecule has 0 N–H and O–H groups in total. The topological polar surface area (TPSA) is 71.1 Å². The predicted octanol–water partition coefficient (Wildman–Crippen LogP) is 5.00. The largest absolute Gasteiger partial charge is 0.456 e. The van der Waals surface area contributed by atoms with Crippen molar-refractivity contribution in [2.75, 3.05) is 13.2 Å². The first kappa shape index (κ1) is 25.1. The van der Waals surface area contributed by atoms with E-state index < -0.39 is 23.8 Å². The van der Waals surface area contributed by atoms with Crippen molar-refractivity contribution in [3.8, 4) is 0 Å². The zero-order valence-electron chi connectivity index (χ0n) is 18.8. The van der Waals surface area contributed by atoms with E-state index in [0.717, 1.165) is 12.8 Å². The van der Waals surface area contributed by atoms with Crippen molar-refractivity contribution < 1.29 is 28.5 Å². The lowest BCUT2D eigenvalue weighted by molar-refractivity contribution is -0.116. The van der Waals surface area contributed by atoms with Gasteiger partial charge in [0.2, 0.25) is 6.29 Å². The van der Waals surface area contributed by atoms with E-state index >= 15 is 0 Å². The van der Waals surface area contributed by atoms with Gasteiger partial charge in [-0.3, -0.25) is 0 Å². The quantitative estimate of drug-likeness (QED) is 0.275. The van der Waals surface area contributed by atoms with Gasteiger partial charge in [-0.1, -0.05) is 27.7 Å². The highest BCUT2D eigenvalue weighted by Gasteiger charge is 2.25. The SMILES string of the molecule is CCC(C)(CC)OC(=O)c1ccc(C(=O)OC(C)OCCOC(C)C(C)C)cc1. The Morgan fingerprint density at radius 2 is 1.34 bits per heavy atom. The molecule has 0 amide bonds. The average molecular weight is 409 g/mol. The molecule has 1 aromatic rings. The van der Waals surface area contributed by atoms with Gasteiger partial charge in [0.1, 0.15) is 5.60 Å². The number of esters is 2. The van der Waals surface area contributed by atoms with Crippen LogP contribution in [0.1, 0.15) is 82.0 Å². The number of benzene rings is 1. The molecule has 0 aliphatic rings. The number of ether oxygens (including phenoxy) is 4. The molecule has 0 aromatic heterocycles. The summed E-state index contributed by atoms with van der Waals surface area (Å²) in [5.74, 6) is -0.479. The van der Waals surface area contributed by atoms with Gasteiger partial charge in [-0.2, -0.15) is 0 Å². The summed E-state index contributed by atoms with van der Waals surface area (Å²) in [6.45, 7) is 14.5. The van der Waals surface area contributed by atoms with Crippen molar-refractivity contribution in [2.24, 2.45) is 5.92 Å². The lowest BCUT2D eigenvalue weighted by Gasteiger charge is -2.26. The molecule has 1 rings (SSSR count). The van der Waals surface area contributed by atoms with Crippen LogP contribution in [-0.2, 0) is 18.9 Å². The van der Waals surface area contributed by atoms with E-state index in [9.17, 15) is 9.59 Å². The Labute approximate surface area is 174 Å².